The molecule has 1 N–H and O–H groups in total. The second-order valence-electron chi connectivity index (χ2n) is 4.89. The summed E-state index contributed by atoms with van der Waals surface area (Å²) in [5, 5.41) is 9.30. The van der Waals surface area contributed by atoms with Gasteiger partial charge in [-0.3, -0.25) is 4.79 Å². The van der Waals surface area contributed by atoms with Crippen molar-refractivity contribution in [1.82, 2.24) is 4.98 Å². The van der Waals surface area contributed by atoms with Crippen molar-refractivity contribution in [2.75, 3.05) is 0 Å². The Labute approximate surface area is 140 Å². The van der Waals surface area contributed by atoms with Gasteiger partial charge in [0.15, 0.2) is 0 Å². The molecule has 0 aliphatic rings. The Morgan fingerprint density at radius 2 is 2.05 bits per heavy atom. The van der Waals surface area contributed by atoms with Crippen molar-refractivity contribution in [2.24, 2.45) is 0 Å². The van der Waals surface area contributed by atoms with E-state index in [2.05, 4.69) is 20.9 Å². The molecule has 0 saturated heterocycles. The van der Waals surface area contributed by atoms with E-state index in [0.29, 0.717) is 11.3 Å². The standard InChI is InChI=1S/C17H11BrN2OS/c1-10-3-2-4-11(7-10)14-8-12(13(9-19)17(21)20-14)15-5-6-16(18)22-15/h2-8H,1H3,(H,20,21). The second-order valence-corrected chi connectivity index (χ2v) is 7.35. The van der Waals surface area contributed by atoms with Crippen molar-refractivity contribution >= 4 is 27.3 Å². The largest absolute Gasteiger partial charge is 0.321 e. The molecule has 1 aromatic carbocycles. The molecule has 0 spiro atoms. The number of rotatable bonds is 2. The molecular weight excluding hydrogens is 360 g/mol. The molecule has 2 heterocycles. The maximum Gasteiger partial charge on any atom is 0.267 e. The van der Waals surface area contributed by atoms with Gasteiger partial charge in [-0.25, -0.2) is 0 Å². The van der Waals surface area contributed by atoms with Crippen LogP contribution in [0, 0.1) is 18.3 Å². The molecule has 0 aliphatic carbocycles. The summed E-state index contributed by atoms with van der Waals surface area (Å²) in [6, 6.07) is 15.6. The van der Waals surface area contributed by atoms with Gasteiger partial charge in [-0.05, 0) is 52.7 Å². The Hall–Kier alpha value is -2.16. The van der Waals surface area contributed by atoms with E-state index in [0.717, 1.165) is 19.8 Å². The van der Waals surface area contributed by atoms with Crippen LogP contribution in [0.15, 0.2) is 51.0 Å². The van der Waals surface area contributed by atoms with Gasteiger partial charge in [-0.2, -0.15) is 5.26 Å². The molecule has 22 heavy (non-hydrogen) atoms. The minimum Gasteiger partial charge on any atom is -0.321 e. The third-order valence-corrected chi connectivity index (χ3v) is 4.97. The van der Waals surface area contributed by atoms with Gasteiger partial charge >= 0.3 is 0 Å². The van der Waals surface area contributed by atoms with Crippen molar-refractivity contribution in [2.45, 2.75) is 6.92 Å². The predicted octanol–water partition coefficient (Wildman–Crippen LogP) is 4.71. The summed E-state index contributed by atoms with van der Waals surface area (Å²) in [7, 11) is 0. The number of hydrogen-bond acceptors (Lipinski definition) is 3. The van der Waals surface area contributed by atoms with Crippen molar-refractivity contribution in [3.05, 3.63) is 67.7 Å². The van der Waals surface area contributed by atoms with Crippen LogP contribution in [0.25, 0.3) is 21.7 Å². The molecule has 3 aromatic rings. The van der Waals surface area contributed by atoms with E-state index in [1.807, 2.05) is 55.5 Å². The summed E-state index contributed by atoms with van der Waals surface area (Å²) in [5.41, 5.74) is 3.21. The van der Waals surface area contributed by atoms with E-state index in [-0.39, 0.29) is 11.1 Å². The number of pyridine rings is 1. The lowest BCUT2D eigenvalue weighted by molar-refractivity contribution is 1.22. The zero-order valence-electron chi connectivity index (χ0n) is 11.7. The first-order chi connectivity index (χ1) is 10.6. The number of aromatic nitrogens is 1. The van der Waals surface area contributed by atoms with Crippen molar-refractivity contribution < 1.29 is 0 Å². The van der Waals surface area contributed by atoms with E-state index in [9.17, 15) is 10.1 Å². The molecular formula is C17H11BrN2OS. The van der Waals surface area contributed by atoms with Crippen LogP contribution in [0.4, 0.5) is 0 Å². The lowest BCUT2D eigenvalue weighted by atomic mass is 10.0. The highest BCUT2D eigenvalue weighted by Gasteiger charge is 2.14. The number of nitrogens with one attached hydrogen (secondary N) is 1. The number of hydrogen-bond donors (Lipinski definition) is 1. The molecule has 0 bridgehead atoms. The van der Waals surface area contributed by atoms with E-state index in [4.69, 9.17) is 0 Å². The van der Waals surface area contributed by atoms with Crippen molar-refractivity contribution in [1.29, 1.82) is 5.26 Å². The number of aryl methyl sites for hydroxylation is 1. The molecule has 108 valence electrons. The van der Waals surface area contributed by atoms with Crippen LogP contribution in [0.2, 0.25) is 0 Å². The first-order valence-corrected chi connectivity index (χ1v) is 8.19. The van der Waals surface area contributed by atoms with Crippen molar-refractivity contribution in [3.8, 4) is 27.8 Å². The minimum absolute atomic E-state index is 0.144. The summed E-state index contributed by atoms with van der Waals surface area (Å²) >= 11 is 4.92. The Morgan fingerprint density at radius 3 is 2.68 bits per heavy atom. The van der Waals surface area contributed by atoms with E-state index >= 15 is 0 Å². The summed E-state index contributed by atoms with van der Waals surface area (Å²) < 4.78 is 0.962. The second kappa shape index (κ2) is 5.91. The number of aromatic amines is 1. The highest BCUT2D eigenvalue weighted by molar-refractivity contribution is 9.11. The van der Waals surface area contributed by atoms with Crippen LogP contribution in [0.3, 0.4) is 0 Å². The number of halogens is 1. The number of nitriles is 1. The highest BCUT2D eigenvalue weighted by Crippen LogP contribution is 2.33. The summed E-state index contributed by atoms with van der Waals surface area (Å²) in [4.78, 5) is 15.9. The Kier molecular flexibility index (Phi) is 3.97. The molecule has 3 nitrogen and oxygen atoms in total. The summed E-state index contributed by atoms with van der Waals surface area (Å²) in [6.45, 7) is 2.00. The fraction of sp³-hybridized carbons (Fsp3) is 0.0588. The Bertz CT molecular complexity index is 950. The van der Waals surface area contributed by atoms with Gasteiger partial charge in [-0.15, -0.1) is 11.3 Å². The van der Waals surface area contributed by atoms with Gasteiger partial charge in [0.25, 0.3) is 5.56 Å². The monoisotopic (exact) mass is 370 g/mol. The number of benzene rings is 1. The van der Waals surface area contributed by atoms with Gasteiger partial charge in [-0.1, -0.05) is 23.8 Å². The third-order valence-electron chi connectivity index (χ3n) is 3.31. The molecule has 0 radical (unpaired) electrons. The normalized spacial score (nSPS) is 10.4. The van der Waals surface area contributed by atoms with E-state index in [1.165, 1.54) is 11.3 Å². The molecule has 0 fully saturated rings. The van der Waals surface area contributed by atoms with Crippen molar-refractivity contribution in [3.63, 3.8) is 0 Å². The number of thiophene rings is 1. The minimum atomic E-state index is -0.360. The molecule has 5 heteroatoms. The summed E-state index contributed by atoms with van der Waals surface area (Å²) in [5.74, 6) is 0. The molecule has 0 unspecified atom stereocenters. The lowest BCUT2D eigenvalue weighted by Crippen LogP contribution is -2.12. The van der Waals surface area contributed by atoms with Crippen LogP contribution < -0.4 is 5.56 Å². The maximum absolute atomic E-state index is 12.2. The van der Waals surface area contributed by atoms with E-state index in [1.54, 1.807) is 0 Å². The first kappa shape index (κ1) is 14.8. The zero-order valence-corrected chi connectivity index (χ0v) is 14.1. The van der Waals surface area contributed by atoms with Crippen LogP contribution in [-0.4, -0.2) is 4.98 Å². The topological polar surface area (TPSA) is 56.6 Å². The van der Waals surface area contributed by atoms with Gasteiger partial charge in [0.1, 0.15) is 11.6 Å². The average molecular weight is 371 g/mol. The maximum atomic E-state index is 12.2. The van der Waals surface area contributed by atoms with E-state index < -0.39 is 0 Å². The Morgan fingerprint density at radius 1 is 1.23 bits per heavy atom. The lowest BCUT2D eigenvalue weighted by Gasteiger charge is -2.07. The first-order valence-electron chi connectivity index (χ1n) is 6.58. The van der Waals surface area contributed by atoms with Gasteiger partial charge in [0.05, 0.1) is 3.79 Å². The van der Waals surface area contributed by atoms with Gasteiger partial charge < -0.3 is 4.98 Å². The predicted molar refractivity (Wildman–Crippen MR) is 93.0 cm³/mol. The summed E-state index contributed by atoms with van der Waals surface area (Å²) in [6.07, 6.45) is 0. The molecule has 3 rings (SSSR count). The highest BCUT2D eigenvalue weighted by atomic mass is 79.9. The van der Waals surface area contributed by atoms with Gasteiger partial charge in [0.2, 0.25) is 0 Å². The van der Waals surface area contributed by atoms with Crippen LogP contribution in [-0.2, 0) is 0 Å². The molecule has 2 aromatic heterocycles. The molecule has 0 amide bonds. The molecule has 0 aliphatic heterocycles. The number of nitrogens with zero attached hydrogens (tertiary/aromatic N) is 1. The quantitative estimate of drug-likeness (QED) is 0.709. The smallest absolute Gasteiger partial charge is 0.267 e. The van der Waals surface area contributed by atoms with Crippen LogP contribution >= 0.6 is 27.3 Å². The average Bonchev–Trinajstić information content (AvgIpc) is 2.93. The fourth-order valence-corrected chi connectivity index (χ4v) is 3.70. The van der Waals surface area contributed by atoms with Gasteiger partial charge in [0, 0.05) is 16.1 Å². The van der Waals surface area contributed by atoms with Crippen LogP contribution in [0.1, 0.15) is 11.1 Å². The molecule has 0 atom stereocenters. The number of H-pyrrole nitrogens is 1. The zero-order chi connectivity index (χ0) is 15.7. The third kappa shape index (κ3) is 2.76. The molecule has 0 saturated carbocycles. The van der Waals surface area contributed by atoms with Crippen LogP contribution in [0.5, 0.6) is 0 Å². The Balaban J connectivity index is 2.26. The SMILES string of the molecule is Cc1cccc(-c2cc(-c3ccc(Br)s3)c(C#N)c(=O)[nH]2)c1. The fourth-order valence-electron chi connectivity index (χ4n) is 2.29.